The average molecular weight is 852 g/mol. The number of aliphatic hydroxyl groups is 2. The number of aliphatic hydroxyl groups excluding tert-OH is 2. The molecule has 1 aromatic rings. The van der Waals surface area contributed by atoms with Crippen molar-refractivity contribution in [3.63, 3.8) is 0 Å². The summed E-state index contributed by atoms with van der Waals surface area (Å²) in [4.78, 5) is 34.5. The van der Waals surface area contributed by atoms with E-state index in [9.17, 15) is 19.8 Å². The van der Waals surface area contributed by atoms with Gasteiger partial charge in [-0.15, -0.1) is 13.2 Å². The number of amides is 2. The van der Waals surface area contributed by atoms with Crippen LogP contribution in [0.4, 0.5) is 9.59 Å². The van der Waals surface area contributed by atoms with Crippen LogP contribution in [0.2, 0.25) is 0 Å². The van der Waals surface area contributed by atoms with E-state index in [0.29, 0.717) is 56.0 Å². The summed E-state index contributed by atoms with van der Waals surface area (Å²) in [7, 11) is 1.53. The summed E-state index contributed by atoms with van der Waals surface area (Å²) >= 11 is 0. The quantitative estimate of drug-likeness (QED) is 0.0391. The highest BCUT2D eigenvalue weighted by Crippen LogP contribution is 2.62. The Labute approximate surface area is 366 Å². The number of allylic oxidation sites excluding steroid dienone is 1. The Hall–Kier alpha value is -3.87. The lowest BCUT2D eigenvalue weighted by Gasteiger charge is -2.59. The van der Waals surface area contributed by atoms with E-state index in [0.717, 1.165) is 56.1 Å². The topological polar surface area (TPSA) is 148 Å². The third kappa shape index (κ3) is 13.8. The second-order valence-electron chi connectivity index (χ2n) is 16.8. The molecule has 3 N–H and O–H groups in total. The predicted octanol–water partition coefficient (Wildman–Crippen LogP) is 10.4. The number of carbonyl (C=O) groups excluding carboxylic acids is 2. The van der Waals surface area contributed by atoms with Crippen LogP contribution in [0, 0.1) is 17.8 Å². The van der Waals surface area contributed by atoms with Crippen molar-refractivity contribution in [3.8, 4) is 11.5 Å². The van der Waals surface area contributed by atoms with Crippen LogP contribution in [0.3, 0.4) is 0 Å². The largest absolute Gasteiger partial charge is 0.459 e. The Kier molecular flexibility index (Phi) is 22.2. The zero-order valence-corrected chi connectivity index (χ0v) is 37.6. The maximum atomic E-state index is 14.1. The van der Waals surface area contributed by atoms with Crippen LogP contribution < -0.4 is 14.8 Å². The summed E-state index contributed by atoms with van der Waals surface area (Å²) < 4.78 is 26.0. The Morgan fingerprint density at radius 1 is 0.934 bits per heavy atom. The molecular weight excluding hydrogens is 775 g/mol. The number of ether oxygens (including phenoxy) is 4. The van der Waals surface area contributed by atoms with Crippen molar-refractivity contribution < 1.29 is 43.6 Å². The van der Waals surface area contributed by atoms with Gasteiger partial charge in [0.15, 0.2) is 0 Å². The Morgan fingerprint density at radius 2 is 1.64 bits per heavy atom. The van der Waals surface area contributed by atoms with Gasteiger partial charge < -0.3 is 39.3 Å². The molecule has 342 valence electrons. The Balaban J connectivity index is 1.73. The van der Waals surface area contributed by atoms with E-state index in [2.05, 4.69) is 36.6 Å². The van der Waals surface area contributed by atoms with Gasteiger partial charge in [0.1, 0.15) is 24.7 Å². The highest BCUT2D eigenvalue weighted by atomic mass is 16.7. The molecule has 2 aliphatic carbocycles. The normalized spacial score (nSPS) is 23.2. The number of unbranched alkanes of at least 4 members (excludes halogenated alkanes) is 11. The number of oxime groups is 1. The summed E-state index contributed by atoms with van der Waals surface area (Å²) in [5.41, 5.74) is 2.51. The van der Waals surface area contributed by atoms with Crippen molar-refractivity contribution in [1.82, 2.24) is 10.2 Å². The molecule has 1 heterocycles. The summed E-state index contributed by atoms with van der Waals surface area (Å²) in [6.07, 6.45) is 22.9. The van der Waals surface area contributed by atoms with E-state index in [-0.39, 0.29) is 50.6 Å². The molecule has 1 aromatic carbocycles. The number of nitrogens with zero attached hydrogens (tertiary/aromatic N) is 2. The standard InChI is InChI=1S/C49H77N3O9/c1-6-10-12-13-14-15-16-17-18-21-28-50-47(55)60-38-26-27-43-41(35-38)45-39(25-20-23-31-54)37(24-19-22-30-53)34-40-42(51-57-5)36-44(49(61-43,46(40)45)59-32-9-4)52(29-8-3)48(56)58-33-11-7-2/h7,9,26-27,34-35,37,39,44-46,53-54H,2,4,6,8,10-25,28-33,36H2,1,3,5H3,(H,50,55)/t37-,39+,44-,45+,46+,49+/m0/s1. The minimum atomic E-state index is -1.39. The highest BCUT2D eigenvalue weighted by Gasteiger charge is 2.65. The number of rotatable bonds is 30. The minimum Gasteiger partial charge on any atom is -0.459 e. The van der Waals surface area contributed by atoms with Gasteiger partial charge in [-0.3, -0.25) is 4.90 Å². The second kappa shape index (κ2) is 27.2. The zero-order chi connectivity index (χ0) is 43.9. The van der Waals surface area contributed by atoms with E-state index < -0.39 is 29.9 Å². The SMILES string of the molecule is C=CCCOC(=O)N(CCC)[C@H]1CC(=NOC)C2=C[C@H](CCCCO)[C@@H](CCCCO)[C@@H]3c4cc(OC(=O)NCCCCCCCCCCCC)ccc4O[C@@]1(OCC=C)[C@H]23. The molecule has 2 amide bonds. The van der Waals surface area contributed by atoms with E-state index in [1.54, 1.807) is 23.1 Å². The number of benzene rings is 1. The molecule has 1 saturated carbocycles. The number of fused-ring (bicyclic) bond motifs is 2. The number of hydrogen-bond donors (Lipinski definition) is 3. The molecule has 3 aliphatic rings. The van der Waals surface area contributed by atoms with Crippen molar-refractivity contribution in [3.05, 3.63) is 60.7 Å². The first-order chi connectivity index (χ1) is 29.8. The fourth-order valence-corrected chi connectivity index (χ4v) is 9.70. The van der Waals surface area contributed by atoms with Crippen molar-refractivity contribution >= 4 is 17.9 Å². The molecule has 0 radical (unpaired) electrons. The maximum absolute atomic E-state index is 14.1. The van der Waals surface area contributed by atoms with E-state index >= 15 is 0 Å². The van der Waals surface area contributed by atoms with Gasteiger partial charge in [0, 0.05) is 44.2 Å². The van der Waals surface area contributed by atoms with E-state index in [1.807, 2.05) is 19.1 Å². The highest BCUT2D eigenvalue weighted by molar-refractivity contribution is 6.03. The van der Waals surface area contributed by atoms with E-state index in [4.69, 9.17) is 23.8 Å². The second-order valence-corrected chi connectivity index (χ2v) is 16.8. The monoisotopic (exact) mass is 852 g/mol. The molecule has 1 fully saturated rings. The van der Waals surface area contributed by atoms with Crippen LogP contribution in [0.25, 0.3) is 0 Å². The van der Waals surface area contributed by atoms with Gasteiger partial charge in [0.2, 0.25) is 5.79 Å². The fourth-order valence-electron chi connectivity index (χ4n) is 9.70. The van der Waals surface area contributed by atoms with Crippen LogP contribution >= 0.6 is 0 Å². The molecule has 0 spiro atoms. The van der Waals surface area contributed by atoms with Crippen LogP contribution in [0.15, 0.2) is 60.3 Å². The third-order valence-corrected chi connectivity index (χ3v) is 12.5. The first kappa shape index (κ1) is 49.8. The summed E-state index contributed by atoms with van der Waals surface area (Å²) in [5.74, 6) is -1.00. The van der Waals surface area contributed by atoms with Crippen molar-refractivity contribution in [2.75, 3.05) is 46.6 Å². The molecular formula is C49H77N3O9. The first-order valence-corrected chi connectivity index (χ1v) is 23.4. The van der Waals surface area contributed by atoms with Gasteiger partial charge in [-0.2, -0.15) is 0 Å². The molecule has 1 aliphatic heterocycles. The van der Waals surface area contributed by atoms with E-state index in [1.165, 1.54) is 52.1 Å². The zero-order valence-electron chi connectivity index (χ0n) is 37.6. The minimum absolute atomic E-state index is 0.0375. The number of nitrogens with one attached hydrogen (secondary N) is 1. The maximum Gasteiger partial charge on any atom is 0.412 e. The Morgan fingerprint density at radius 3 is 2.30 bits per heavy atom. The third-order valence-electron chi connectivity index (χ3n) is 12.5. The summed E-state index contributed by atoms with van der Waals surface area (Å²) in [5, 5.41) is 27.3. The molecule has 12 nitrogen and oxygen atoms in total. The fraction of sp³-hybridized carbons (Fsp3) is 0.694. The first-order valence-electron chi connectivity index (χ1n) is 23.4. The van der Waals surface area contributed by atoms with Gasteiger partial charge in [-0.05, 0) is 80.6 Å². The summed E-state index contributed by atoms with van der Waals surface area (Å²) in [6.45, 7) is 13.5. The van der Waals surface area contributed by atoms with Gasteiger partial charge in [-0.25, -0.2) is 9.59 Å². The molecule has 0 saturated heterocycles. The van der Waals surface area contributed by atoms with Crippen molar-refractivity contribution in [2.24, 2.45) is 22.9 Å². The van der Waals surface area contributed by atoms with Gasteiger partial charge in [0.05, 0.1) is 24.8 Å². The van der Waals surface area contributed by atoms with Crippen molar-refractivity contribution in [2.45, 2.75) is 154 Å². The molecule has 0 bridgehead atoms. The molecule has 4 rings (SSSR count). The smallest absolute Gasteiger partial charge is 0.412 e. The lowest BCUT2D eigenvalue weighted by molar-refractivity contribution is -0.255. The average Bonchev–Trinajstić information content (AvgIpc) is 3.26. The predicted molar refractivity (Wildman–Crippen MR) is 241 cm³/mol. The molecule has 61 heavy (non-hydrogen) atoms. The molecule has 6 atom stereocenters. The van der Waals surface area contributed by atoms with Crippen LogP contribution in [0.1, 0.15) is 147 Å². The van der Waals surface area contributed by atoms with Gasteiger partial charge in [0.25, 0.3) is 0 Å². The van der Waals surface area contributed by atoms with Gasteiger partial charge >= 0.3 is 12.2 Å². The molecule has 0 unspecified atom stereocenters. The van der Waals surface area contributed by atoms with Crippen LogP contribution in [-0.2, 0) is 14.3 Å². The summed E-state index contributed by atoms with van der Waals surface area (Å²) in [6, 6.07) is 4.85. The molecule has 12 heteroatoms. The van der Waals surface area contributed by atoms with Crippen molar-refractivity contribution in [1.29, 1.82) is 0 Å². The van der Waals surface area contributed by atoms with Crippen LogP contribution in [0.5, 0.6) is 11.5 Å². The molecule has 0 aromatic heterocycles. The lowest BCUT2D eigenvalue weighted by Crippen LogP contribution is -2.70. The Bertz CT molecular complexity index is 1570. The van der Waals surface area contributed by atoms with Gasteiger partial charge in [-0.1, -0.05) is 108 Å². The van der Waals surface area contributed by atoms with Crippen LogP contribution in [-0.4, -0.2) is 91.5 Å². The lowest BCUT2D eigenvalue weighted by atomic mass is 9.55. The number of carbonyl (C=O) groups is 2. The number of hydrogen-bond acceptors (Lipinski definition) is 10.